The van der Waals surface area contributed by atoms with Crippen LogP contribution in [-0.4, -0.2) is 24.7 Å². The Labute approximate surface area is 109 Å². The van der Waals surface area contributed by atoms with Crippen molar-refractivity contribution in [3.63, 3.8) is 0 Å². The number of hydrogen-bond acceptors (Lipinski definition) is 2. The van der Waals surface area contributed by atoms with Crippen molar-refractivity contribution in [3.05, 3.63) is 34.3 Å². The summed E-state index contributed by atoms with van der Waals surface area (Å²) in [4.78, 5) is 0. The molecule has 1 aromatic rings. The first-order valence-electron chi connectivity index (χ1n) is 5.24. The molecule has 0 radical (unpaired) electrons. The first-order valence-corrected chi connectivity index (χ1v) is 6.47. The SMILES string of the molecule is COC1C(Cl)CC1OCc1ccccc1Br. The molecule has 0 aromatic heterocycles. The highest BCUT2D eigenvalue weighted by Crippen LogP contribution is 2.32. The number of benzene rings is 1. The summed E-state index contributed by atoms with van der Waals surface area (Å²) in [5, 5.41) is 0.0919. The fraction of sp³-hybridized carbons (Fsp3) is 0.500. The van der Waals surface area contributed by atoms with Crippen LogP contribution in [-0.2, 0) is 16.1 Å². The van der Waals surface area contributed by atoms with Crippen molar-refractivity contribution in [1.29, 1.82) is 0 Å². The van der Waals surface area contributed by atoms with Gasteiger partial charge >= 0.3 is 0 Å². The third-order valence-electron chi connectivity index (χ3n) is 2.86. The van der Waals surface area contributed by atoms with Gasteiger partial charge in [0, 0.05) is 11.6 Å². The highest BCUT2D eigenvalue weighted by molar-refractivity contribution is 9.10. The maximum atomic E-state index is 6.01. The number of halogens is 2. The Kier molecular flexibility index (Phi) is 4.25. The average Bonchev–Trinajstić information content (AvgIpc) is 2.26. The van der Waals surface area contributed by atoms with Gasteiger partial charge < -0.3 is 9.47 Å². The van der Waals surface area contributed by atoms with E-state index in [2.05, 4.69) is 15.9 Å². The van der Waals surface area contributed by atoms with E-state index in [1.165, 1.54) is 0 Å². The predicted octanol–water partition coefficient (Wildman–Crippen LogP) is 3.36. The summed E-state index contributed by atoms with van der Waals surface area (Å²) in [5.41, 5.74) is 1.15. The Bertz CT molecular complexity index is 359. The van der Waals surface area contributed by atoms with E-state index in [1.54, 1.807) is 7.11 Å². The van der Waals surface area contributed by atoms with Gasteiger partial charge in [0.2, 0.25) is 0 Å². The average molecular weight is 306 g/mol. The fourth-order valence-electron chi connectivity index (χ4n) is 1.80. The molecule has 0 bridgehead atoms. The van der Waals surface area contributed by atoms with Crippen LogP contribution in [0, 0.1) is 0 Å². The van der Waals surface area contributed by atoms with Gasteiger partial charge in [-0.1, -0.05) is 34.1 Å². The third-order valence-corrected chi connectivity index (χ3v) is 4.06. The quantitative estimate of drug-likeness (QED) is 0.794. The zero-order chi connectivity index (χ0) is 11.5. The molecule has 88 valence electrons. The molecule has 4 heteroatoms. The second-order valence-electron chi connectivity index (χ2n) is 3.89. The maximum absolute atomic E-state index is 6.01. The van der Waals surface area contributed by atoms with Crippen LogP contribution in [0.3, 0.4) is 0 Å². The number of hydrogen-bond donors (Lipinski definition) is 0. The molecular formula is C12H14BrClO2. The van der Waals surface area contributed by atoms with Crippen molar-refractivity contribution in [2.45, 2.75) is 30.6 Å². The lowest BCUT2D eigenvalue weighted by Crippen LogP contribution is -2.50. The fourth-order valence-corrected chi connectivity index (χ4v) is 2.64. The van der Waals surface area contributed by atoms with E-state index >= 15 is 0 Å². The molecule has 1 aromatic carbocycles. The van der Waals surface area contributed by atoms with Crippen LogP contribution in [0.5, 0.6) is 0 Å². The minimum atomic E-state index is 0.0316. The molecular weight excluding hydrogens is 291 g/mol. The molecule has 0 aliphatic heterocycles. The Hall–Kier alpha value is -0.0900. The van der Waals surface area contributed by atoms with Crippen LogP contribution in [0.1, 0.15) is 12.0 Å². The Morgan fingerprint density at radius 1 is 1.44 bits per heavy atom. The number of rotatable bonds is 4. The van der Waals surface area contributed by atoms with E-state index in [-0.39, 0.29) is 17.6 Å². The van der Waals surface area contributed by atoms with E-state index < -0.39 is 0 Å². The topological polar surface area (TPSA) is 18.5 Å². The lowest BCUT2D eigenvalue weighted by Gasteiger charge is -2.39. The van der Waals surface area contributed by atoms with Gasteiger partial charge in [-0.2, -0.15) is 0 Å². The van der Waals surface area contributed by atoms with E-state index in [4.69, 9.17) is 21.1 Å². The lowest BCUT2D eigenvalue weighted by atomic mass is 9.91. The minimum absolute atomic E-state index is 0.0316. The Morgan fingerprint density at radius 2 is 2.19 bits per heavy atom. The zero-order valence-corrected chi connectivity index (χ0v) is 11.4. The van der Waals surface area contributed by atoms with E-state index in [9.17, 15) is 0 Å². The number of ether oxygens (including phenoxy) is 2. The summed E-state index contributed by atoms with van der Waals surface area (Å²) in [6.45, 7) is 0.593. The summed E-state index contributed by atoms with van der Waals surface area (Å²) < 4.78 is 12.1. The highest BCUT2D eigenvalue weighted by atomic mass is 79.9. The van der Waals surface area contributed by atoms with Crippen molar-refractivity contribution in [1.82, 2.24) is 0 Å². The van der Waals surface area contributed by atoms with Crippen LogP contribution < -0.4 is 0 Å². The first-order chi connectivity index (χ1) is 7.72. The first kappa shape index (κ1) is 12.4. The molecule has 0 N–H and O–H groups in total. The molecule has 3 atom stereocenters. The van der Waals surface area contributed by atoms with Crippen LogP contribution in [0.15, 0.2) is 28.7 Å². The summed E-state index contributed by atoms with van der Waals surface area (Å²) in [7, 11) is 1.67. The van der Waals surface area contributed by atoms with Gasteiger partial charge in [0.25, 0.3) is 0 Å². The molecule has 0 heterocycles. The largest absolute Gasteiger partial charge is 0.377 e. The molecule has 1 aliphatic rings. The van der Waals surface area contributed by atoms with Gasteiger partial charge in [0.1, 0.15) is 0 Å². The summed E-state index contributed by atoms with van der Waals surface area (Å²) in [6, 6.07) is 8.05. The molecule has 0 spiro atoms. The van der Waals surface area contributed by atoms with Crippen molar-refractivity contribution >= 4 is 27.5 Å². The summed E-state index contributed by atoms with van der Waals surface area (Å²) in [5.74, 6) is 0. The van der Waals surface area contributed by atoms with Crippen molar-refractivity contribution in [3.8, 4) is 0 Å². The molecule has 2 rings (SSSR count). The monoisotopic (exact) mass is 304 g/mol. The van der Waals surface area contributed by atoms with E-state index in [0.29, 0.717) is 6.61 Å². The van der Waals surface area contributed by atoms with Gasteiger partial charge in [-0.25, -0.2) is 0 Å². The van der Waals surface area contributed by atoms with E-state index in [1.807, 2.05) is 24.3 Å². The highest BCUT2D eigenvalue weighted by Gasteiger charge is 2.41. The van der Waals surface area contributed by atoms with Gasteiger partial charge in [0.05, 0.1) is 24.2 Å². The standard InChI is InChI=1S/C12H14BrClO2/c1-15-12-10(14)6-11(12)16-7-8-4-2-3-5-9(8)13/h2-5,10-12H,6-7H2,1H3. The predicted molar refractivity (Wildman–Crippen MR) is 67.8 cm³/mol. The smallest absolute Gasteiger partial charge is 0.0997 e. The second kappa shape index (κ2) is 5.50. The maximum Gasteiger partial charge on any atom is 0.0997 e. The van der Waals surface area contributed by atoms with Crippen molar-refractivity contribution in [2.24, 2.45) is 0 Å². The van der Waals surface area contributed by atoms with Crippen LogP contribution >= 0.6 is 27.5 Å². The van der Waals surface area contributed by atoms with Crippen LogP contribution in [0.2, 0.25) is 0 Å². The second-order valence-corrected chi connectivity index (χ2v) is 5.31. The molecule has 1 aliphatic carbocycles. The number of methoxy groups -OCH3 is 1. The van der Waals surface area contributed by atoms with Crippen molar-refractivity contribution in [2.75, 3.05) is 7.11 Å². The Balaban J connectivity index is 1.87. The minimum Gasteiger partial charge on any atom is -0.377 e. The van der Waals surface area contributed by atoms with Crippen molar-refractivity contribution < 1.29 is 9.47 Å². The molecule has 1 saturated carbocycles. The molecule has 2 nitrogen and oxygen atoms in total. The number of alkyl halides is 1. The normalized spacial score (nSPS) is 28.8. The lowest BCUT2D eigenvalue weighted by molar-refractivity contribution is -0.116. The van der Waals surface area contributed by atoms with Gasteiger partial charge in [-0.05, 0) is 18.1 Å². The molecule has 3 unspecified atom stereocenters. The summed E-state index contributed by atoms with van der Waals surface area (Å²) in [6.07, 6.45) is 1.02. The van der Waals surface area contributed by atoms with Crippen LogP contribution in [0.4, 0.5) is 0 Å². The Morgan fingerprint density at radius 3 is 2.81 bits per heavy atom. The third kappa shape index (κ3) is 2.59. The van der Waals surface area contributed by atoms with Gasteiger partial charge in [-0.15, -0.1) is 11.6 Å². The van der Waals surface area contributed by atoms with Gasteiger partial charge in [-0.3, -0.25) is 0 Å². The molecule has 0 amide bonds. The molecule has 0 saturated heterocycles. The van der Waals surface area contributed by atoms with Gasteiger partial charge in [0.15, 0.2) is 0 Å². The van der Waals surface area contributed by atoms with Crippen LogP contribution in [0.25, 0.3) is 0 Å². The molecule has 1 fully saturated rings. The summed E-state index contributed by atoms with van der Waals surface area (Å²) >= 11 is 9.50. The van der Waals surface area contributed by atoms with E-state index in [0.717, 1.165) is 16.5 Å². The molecule has 16 heavy (non-hydrogen) atoms. The zero-order valence-electron chi connectivity index (χ0n) is 9.03.